The zero-order chi connectivity index (χ0) is 8.97. The fourth-order valence-electron chi connectivity index (χ4n) is 0.572. The van der Waals surface area contributed by atoms with E-state index in [2.05, 4.69) is 16.5 Å². The first-order valence-corrected chi connectivity index (χ1v) is 5.72. The minimum atomic E-state index is 0.447. The molecule has 68 valence electrons. The Balaban J connectivity index is 2.38. The highest BCUT2D eigenvalue weighted by molar-refractivity contribution is 7.99. The molecule has 1 atom stereocenters. The number of rotatable bonds is 4. The van der Waals surface area contributed by atoms with Crippen LogP contribution < -0.4 is 5.73 Å². The SMILES string of the molecule is CC(CN)SCc1nnsc1Cl. The van der Waals surface area contributed by atoms with E-state index in [-0.39, 0.29) is 0 Å². The average Bonchev–Trinajstić information content (AvgIpc) is 2.47. The summed E-state index contributed by atoms with van der Waals surface area (Å²) in [6.07, 6.45) is 0. The van der Waals surface area contributed by atoms with Crippen molar-refractivity contribution in [3.05, 3.63) is 10.0 Å². The van der Waals surface area contributed by atoms with Crippen molar-refractivity contribution in [2.24, 2.45) is 5.73 Å². The van der Waals surface area contributed by atoms with Gasteiger partial charge in [-0.05, 0) is 0 Å². The second-order valence-electron chi connectivity index (χ2n) is 2.35. The lowest BCUT2D eigenvalue weighted by Gasteiger charge is -2.05. The van der Waals surface area contributed by atoms with E-state index in [1.54, 1.807) is 11.8 Å². The number of thioether (sulfide) groups is 1. The molecule has 0 saturated carbocycles. The molecule has 0 aromatic carbocycles. The van der Waals surface area contributed by atoms with Crippen molar-refractivity contribution in [2.45, 2.75) is 17.9 Å². The van der Waals surface area contributed by atoms with Crippen LogP contribution in [-0.2, 0) is 5.75 Å². The number of halogens is 1. The Morgan fingerprint density at radius 2 is 2.50 bits per heavy atom. The zero-order valence-corrected chi connectivity index (χ0v) is 9.05. The molecule has 1 rings (SSSR count). The maximum Gasteiger partial charge on any atom is 0.138 e. The maximum absolute atomic E-state index is 5.82. The molecule has 1 unspecified atom stereocenters. The molecule has 3 nitrogen and oxygen atoms in total. The van der Waals surface area contributed by atoms with E-state index >= 15 is 0 Å². The fourth-order valence-corrected chi connectivity index (χ4v) is 2.15. The van der Waals surface area contributed by atoms with E-state index in [0.29, 0.717) is 16.1 Å². The van der Waals surface area contributed by atoms with E-state index in [0.717, 1.165) is 11.4 Å². The van der Waals surface area contributed by atoms with Gasteiger partial charge in [0.2, 0.25) is 0 Å². The number of hydrogen-bond acceptors (Lipinski definition) is 5. The molecule has 1 heterocycles. The van der Waals surface area contributed by atoms with Gasteiger partial charge in [-0.1, -0.05) is 23.0 Å². The normalized spacial score (nSPS) is 13.2. The van der Waals surface area contributed by atoms with Crippen LogP contribution in [0.1, 0.15) is 12.6 Å². The van der Waals surface area contributed by atoms with Gasteiger partial charge in [0.1, 0.15) is 10.0 Å². The molecule has 0 bridgehead atoms. The molecule has 0 amide bonds. The summed E-state index contributed by atoms with van der Waals surface area (Å²) < 4.78 is 4.43. The van der Waals surface area contributed by atoms with E-state index in [9.17, 15) is 0 Å². The lowest BCUT2D eigenvalue weighted by atomic mass is 10.5. The Morgan fingerprint density at radius 3 is 3.00 bits per heavy atom. The van der Waals surface area contributed by atoms with Crippen molar-refractivity contribution in [1.29, 1.82) is 0 Å². The second kappa shape index (κ2) is 5.01. The van der Waals surface area contributed by atoms with Gasteiger partial charge in [0, 0.05) is 29.1 Å². The molecule has 0 fully saturated rings. The third-order valence-electron chi connectivity index (χ3n) is 1.35. The third kappa shape index (κ3) is 2.90. The summed E-state index contributed by atoms with van der Waals surface area (Å²) in [5.41, 5.74) is 6.33. The molecule has 0 aliphatic rings. The molecule has 0 saturated heterocycles. The molecular formula is C6H10ClN3S2. The van der Waals surface area contributed by atoms with Crippen LogP contribution in [0.25, 0.3) is 0 Å². The monoisotopic (exact) mass is 223 g/mol. The predicted octanol–water partition coefficient (Wildman–Crippen LogP) is 1.77. The molecule has 0 spiro atoms. The molecule has 0 aliphatic heterocycles. The highest BCUT2D eigenvalue weighted by Crippen LogP contribution is 2.23. The van der Waals surface area contributed by atoms with Crippen molar-refractivity contribution in [3.8, 4) is 0 Å². The lowest BCUT2D eigenvalue weighted by Crippen LogP contribution is -2.12. The molecule has 1 aromatic rings. The highest BCUT2D eigenvalue weighted by atomic mass is 35.5. The Kier molecular flexibility index (Phi) is 4.28. The van der Waals surface area contributed by atoms with Crippen LogP contribution in [0.4, 0.5) is 0 Å². The van der Waals surface area contributed by atoms with Crippen molar-refractivity contribution >= 4 is 34.9 Å². The van der Waals surface area contributed by atoms with E-state index in [1.807, 2.05) is 0 Å². The smallest absolute Gasteiger partial charge is 0.138 e. The predicted molar refractivity (Wildman–Crippen MR) is 54.7 cm³/mol. The fraction of sp³-hybridized carbons (Fsp3) is 0.667. The van der Waals surface area contributed by atoms with Crippen LogP contribution in [0.5, 0.6) is 0 Å². The minimum Gasteiger partial charge on any atom is -0.329 e. The molecule has 12 heavy (non-hydrogen) atoms. The summed E-state index contributed by atoms with van der Waals surface area (Å²) in [6, 6.07) is 0. The van der Waals surface area contributed by atoms with Gasteiger partial charge in [-0.3, -0.25) is 0 Å². The van der Waals surface area contributed by atoms with Crippen LogP contribution >= 0.6 is 34.9 Å². The Hall–Kier alpha value is 0.160. The van der Waals surface area contributed by atoms with Crippen molar-refractivity contribution in [1.82, 2.24) is 9.59 Å². The van der Waals surface area contributed by atoms with Crippen molar-refractivity contribution in [2.75, 3.05) is 6.54 Å². The van der Waals surface area contributed by atoms with E-state index in [4.69, 9.17) is 17.3 Å². The van der Waals surface area contributed by atoms with Gasteiger partial charge in [0.05, 0.1) is 0 Å². The summed E-state index contributed by atoms with van der Waals surface area (Å²) in [7, 11) is 0. The van der Waals surface area contributed by atoms with Gasteiger partial charge in [-0.25, -0.2) is 0 Å². The quantitative estimate of drug-likeness (QED) is 0.846. The van der Waals surface area contributed by atoms with Crippen LogP contribution in [0.3, 0.4) is 0 Å². The molecule has 6 heteroatoms. The van der Waals surface area contributed by atoms with Crippen LogP contribution in [0.15, 0.2) is 0 Å². The largest absolute Gasteiger partial charge is 0.329 e. The summed E-state index contributed by atoms with van der Waals surface area (Å²) in [5.74, 6) is 0.799. The van der Waals surface area contributed by atoms with Crippen LogP contribution in [-0.4, -0.2) is 21.4 Å². The molecular weight excluding hydrogens is 214 g/mol. The van der Waals surface area contributed by atoms with Crippen LogP contribution in [0.2, 0.25) is 4.34 Å². The van der Waals surface area contributed by atoms with Gasteiger partial charge in [0.15, 0.2) is 0 Å². The number of nitrogens with two attached hydrogens (primary N) is 1. The minimum absolute atomic E-state index is 0.447. The first-order chi connectivity index (χ1) is 5.74. The van der Waals surface area contributed by atoms with Gasteiger partial charge >= 0.3 is 0 Å². The topological polar surface area (TPSA) is 51.8 Å². The zero-order valence-electron chi connectivity index (χ0n) is 6.66. The third-order valence-corrected chi connectivity index (χ3v) is 3.53. The van der Waals surface area contributed by atoms with E-state index < -0.39 is 0 Å². The lowest BCUT2D eigenvalue weighted by molar-refractivity contribution is 0.947. The standard InChI is InChI=1S/C6H10ClN3S2/c1-4(2-8)11-3-5-6(7)12-10-9-5/h4H,2-3,8H2,1H3. The first-order valence-electron chi connectivity index (χ1n) is 3.52. The summed E-state index contributed by atoms with van der Waals surface area (Å²) in [6.45, 7) is 2.76. The summed E-state index contributed by atoms with van der Waals surface area (Å²) in [5, 5.41) is 4.34. The van der Waals surface area contributed by atoms with Gasteiger partial charge in [-0.2, -0.15) is 11.8 Å². The number of nitrogens with zero attached hydrogens (tertiary/aromatic N) is 2. The van der Waals surface area contributed by atoms with Gasteiger partial charge in [-0.15, -0.1) is 5.10 Å². The second-order valence-corrected chi connectivity index (χ2v) is 5.13. The molecule has 0 radical (unpaired) electrons. The van der Waals surface area contributed by atoms with E-state index in [1.165, 1.54) is 11.5 Å². The Bertz CT molecular complexity index is 240. The molecule has 2 N–H and O–H groups in total. The van der Waals surface area contributed by atoms with Crippen molar-refractivity contribution < 1.29 is 0 Å². The molecule has 0 aliphatic carbocycles. The van der Waals surface area contributed by atoms with Crippen LogP contribution in [0, 0.1) is 0 Å². The maximum atomic E-state index is 5.82. The Morgan fingerprint density at radius 1 is 1.75 bits per heavy atom. The Labute approximate surface area is 84.8 Å². The average molecular weight is 224 g/mol. The molecule has 1 aromatic heterocycles. The highest BCUT2D eigenvalue weighted by Gasteiger charge is 2.07. The summed E-state index contributed by atoms with van der Waals surface area (Å²) >= 11 is 8.78. The van der Waals surface area contributed by atoms with Gasteiger partial charge < -0.3 is 5.73 Å². The van der Waals surface area contributed by atoms with Gasteiger partial charge in [0.25, 0.3) is 0 Å². The van der Waals surface area contributed by atoms with Crippen molar-refractivity contribution in [3.63, 3.8) is 0 Å². The number of hydrogen-bond donors (Lipinski definition) is 1. The first kappa shape index (κ1) is 10.2. The number of aromatic nitrogens is 2. The summed E-state index contributed by atoms with van der Waals surface area (Å²) in [4.78, 5) is 0.